The first-order valence-electron chi connectivity index (χ1n) is 17.6. The number of hydrogen-bond acceptors (Lipinski definition) is 6. The Morgan fingerprint density at radius 2 is 1.58 bits per heavy atom. The molecule has 6 fully saturated rings. The first-order valence-corrected chi connectivity index (χ1v) is 17.6. The van der Waals surface area contributed by atoms with E-state index in [1.165, 1.54) is 6.08 Å². The molecule has 1 unspecified atom stereocenters. The molecule has 7 rings (SSSR count). The molecule has 0 amide bonds. The Kier molecular flexibility index (Phi) is 6.84. The van der Waals surface area contributed by atoms with Crippen LogP contribution in [0, 0.1) is 56.2 Å². The number of aliphatic hydroxyl groups is 1. The van der Waals surface area contributed by atoms with E-state index in [1.54, 1.807) is 30.3 Å². The van der Waals surface area contributed by atoms with E-state index in [4.69, 9.17) is 9.47 Å². The summed E-state index contributed by atoms with van der Waals surface area (Å²) in [5.41, 5.74) is 0.256. The number of carbonyl (C=O) groups excluding carboxylic acids is 2. The van der Waals surface area contributed by atoms with Crippen LogP contribution in [0.3, 0.4) is 0 Å². The number of fused-ring (bicyclic) bond motifs is 5. The van der Waals surface area contributed by atoms with Crippen molar-refractivity contribution < 1.29 is 29.3 Å². The van der Waals surface area contributed by atoms with Crippen LogP contribution in [-0.4, -0.2) is 40.5 Å². The number of phenolic OH excluding ortho intramolecular Hbond substituents is 1. The van der Waals surface area contributed by atoms with Gasteiger partial charge in [-0.1, -0.05) is 60.6 Å². The fourth-order valence-corrected chi connectivity index (χ4v) is 13.1. The summed E-state index contributed by atoms with van der Waals surface area (Å²) in [7, 11) is 0. The van der Waals surface area contributed by atoms with Gasteiger partial charge in [0.2, 0.25) is 0 Å². The number of benzene rings is 1. The smallest absolute Gasteiger partial charge is 0.331 e. The topological polar surface area (TPSA) is 93.1 Å². The van der Waals surface area contributed by atoms with Gasteiger partial charge in [-0.15, -0.1) is 0 Å². The summed E-state index contributed by atoms with van der Waals surface area (Å²) in [5.74, 6) is 1.36. The highest BCUT2D eigenvalue weighted by Gasteiger charge is 2.75. The van der Waals surface area contributed by atoms with E-state index in [2.05, 4.69) is 48.5 Å². The standard InChI is InChI=1S/C39H54O6/c1-34(2)18-20-39-21-19-37(6)25(30(39)32(34)45-33(39)43)13-14-28-36(5)22-26(41)31(35(3,4)27(36)16-17-38(28,37)7)44-29(42)15-10-23-8-11-24(40)12-9-23/h8-12,15,25-28,30-32,40-41H,13-14,16-22H2,1-7H3/t25?,26-,27+,28-,30-,31+,32-,36+,37-,38-,39+/m1/s1. The molecule has 2 bridgehead atoms. The van der Waals surface area contributed by atoms with Gasteiger partial charge < -0.3 is 19.7 Å². The summed E-state index contributed by atoms with van der Waals surface area (Å²) >= 11 is 0. The molecule has 246 valence electrons. The predicted octanol–water partition coefficient (Wildman–Crippen LogP) is 7.70. The Bertz CT molecular complexity index is 1410. The molecule has 1 aromatic carbocycles. The molecule has 2 N–H and O–H groups in total. The van der Waals surface area contributed by atoms with Crippen molar-refractivity contribution in [3.63, 3.8) is 0 Å². The van der Waals surface area contributed by atoms with Gasteiger partial charge in [0.15, 0.2) is 0 Å². The monoisotopic (exact) mass is 618 g/mol. The Balaban J connectivity index is 1.15. The maximum Gasteiger partial charge on any atom is 0.331 e. The molecule has 1 saturated heterocycles. The molecule has 1 heterocycles. The van der Waals surface area contributed by atoms with Crippen molar-refractivity contribution >= 4 is 18.0 Å². The van der Waals surface area contributed by atoms with E-state index in [-0.39, 0.29) is 44.9 Å². The van der Waals surface area contributed by atoms with E-state index >= 15 is 0 Å². The number of ether oxygens (including phenoxy) is 2. The van der Waals surface area contributed by atoms with E-state index < -0.39 is 23.6 Å². The third-order valence-electron chi connectivity index (χ3n) is 15.5. The lowest BCUT2D eigenvalue weighted by atomic mass is 9.31. The summed E-state index contributed by atoms with van der Waals surface area (Å²) in [6.45, 7) is 16.6. The van der Waals surface area contributed by atoms with Gasteiger partial charge >= 0.3 is 11.9 Å². The van der Waals surface area contributed by atoms with Crippen LogP contribution in [-0.2, 0) is 19.1 Å². The summed E-state index contributed by atoms with van der Waals surface area (Å²) in [6, 6.07) is 6.66. The minimum atomic E-state index is -0.740. The fraction of sp³-hybridized carbons (Fsp3) is 0.744. The zero-order valence-corrected chi connectivity index (χ0v) is 28.4. The lowest BCUT2D eigenvalue weighted by Crippen LogP contribution is -2.69. The van der Waals surface area contributed by atoms with Gasteiger partial charge in [-0.3, -0.25) is 4.79 Å². The number of esters is 2. The zero-order chi connectivity index (χ0) is 32.4. The second-order valence-corrected chi connectivity index (χ2v) is 18.0. The van der Waals surface area contributed by atoms with Crippen molar-refractivity contribution in [3.8, 4) is 5.75 Å². The minimum absolute atomic E-state index is 0.0170. The summed E-state index contributed by atoms with van der Waals surface area (Å²) in [4.78, 5) is 26.6. The van der Waals surface area contributed by atoms with Gasteiger partial charge in [0.05, 0.1) is 11.5 Å². The van der Waals surface area contributed by atoms with Crippen LogP contribution in [0.1, 0.15) is 112 Å². The summed E-state index contributed by atoms with van der Waals surface area (Å²) < 4.78 is 12.4. The molecule has 5 aliphatic carbocycles. The second-order valence-electron chi connectivity index (χ2n) is 18.0. The van der Waals surface area contributed by atoms with E-state index in [1.807, 2.05) is 0 Å². The van der Waals surface area contributed by atoms with Gasteiger partial charge in [-0.05, 0) is 116 Å². The Morgan fingerprint density at radius 3 is 2.29 bits per heavy atom. The maximum atomic E-state index is 13.5. The van der Waals surface area contributed by atoms with Crippen LogP contribution in [0.25, 0.3) is 6.08 Å². The Morgan fingerprint density at radius 1 is 0.889 bits per heavy atom. The second kappa shape index (κ2) is 9.84. The highest BCUT2D eigenvalue weighted by Crippen LogP contribution is 2.78. The summed E-state index contributed by atoms with van der Waals surface area (Å²) in [5, 5.41) is 21.3. The van der Waals surface area contributed by atoms with Crippen molar-refractivity contribution in [3.05, 3.63) is 35.9 Å². The van der Waals surface area contributed by atoms with Crippen LogP contribution in [0.2, 0.25) is 0 Å². The Labute approximate surface area is 269 Å². The average molecular weight is 619 g/mol. The third kappa shape index (κ3) is 4.15. The number of aliphatic hydroxyl groups excluding tert-OH is 1. The predicted molar refractivity (Wildman–Crippen MR) is 173 cm³/mol. The quantitative estimate of drug-likeness (QED) is 0.266. The molecular formula is C39H54O6. The highest BCUT2D eigenvalue weighted by molar-refractivity contribution is 5.87. The van der Waals surface area contributed by atoms with Gasteiger partial charge in [0.25, 0.3) is 0 Å². The first-order chi connectivity index (χ1) is 21.0. The van der Waals surface area contributed by atoms with Crippen molar-refractivity contribution in [2.45, 2.75) is 125 Å². The molecule has 45 heavy (non-hydrogen) atoms. The molecule has 1 aliphatic heterocycles. The highest BCUT2D eigenvalue weighted by atomic mass is 16.6. The molecule has 5 saturated carbocycles. The van der Waals surface area contributed by atoms with Crippen molar-refractivity contribution in [2.24, 2.45) is 56.2 Å². The van der Waals surface area contributed by atoms with E-state index in [0.717, 1.165) is 56.9 Å². The summed E-state index contributed by atoms with van der Waals surface area (Å²) in [6.07, 6.45) is 10.9. The molecule has 0 aromatic heterocycles. The minimum Gasteiger partial charge on any atom is -0.508 e. The molecular weight excluding hydrogens is 564 g/mol. The van der Waals surface area contributed by atoms with E-state index in [9.17, 15) is 19.8 Å². The van der Waals surface area contributed by atoms with Crippen LogP contribution in [0.4, 0.5) is 0 Å². The fourth-order valence-electron chi connectivity index (χ4n) is 13.1. The van der Waals surface area contributed by atoms with Gasteiger partial charge in [0, 0.05) is 22.8 Å². The number of carbonyl (C=O) groups is 2. The lowest BCUT2D eigenvalue weighted by molar-refractivity contribution is -0.268. The van der Waals surface area contributed by atoms with Crippen molar-refractivity contribution in [1.29, 1.82) is 0 Å². The number of aromatic hydroxyl groups is 1. The number of hydrogen-bond donors (Lipinski definition) is 2. The van der Waals surface area contributed by atoms with Gasteiger partial charge in [-0.2, -0.15) is 0 Å². The normalized spacial score (nSPS) is 47.6. The van der Waals surface area contributed by atoms with Crippen molar-refractivity contribution in [1.82, 2.24) is 0 Å². The molecule has 6 nitrogen and oxygen atoms in total. The van der Waals surface area contributed by atoms with Gasteiger partial charge in [-0.25, -0.2) is 4.79 Å². The Hall–Kier alpha value is -2.34. The van der Waals surface area contributed by atoms with Crippen LogP contribution in [0.15, 0.2) is 30.3 Å². The zero-order valence-electron chi connectivity index (χ0n) is 28.4. The third-order valence-corrected chi connectivity index (χ3v) is 15.5. The van der Waals surface area contributed by atoms with Crippen LogP contribution >= 0.6 is 0 Å². The van der Waals surface area contributed by atoms with Crippen molar-refractivity contribution in [2.75, 3.05) is 0 Å². The first kappa shape index (κ1) is 31.3. The van der Waals surface area contributed by atoms with E-state index in [0.29, 0.717) is 30.1 Å². The molecule has 0 radical (unpaired) electrons. The number of phenols is 1. The van der Waals surface area contributed by atoms with Crippen LogP contribution in [0.5, 0.6) is 5.75 Å². The molecule has 1 aromatic rings. The molecule has 6 heteroatoms. The largest absolute Gasteiger partial charge is 0.508 e. The molecule has 6 aliphatic rings. The molecule has 11 atom stereocenters. The average Bonchev–Trinajstić information content (AvgIpc) is 3.22. The van der Waals surface area contributed by atoms with Gasteiger partial charge in [0.1, 0.15) is 18.0 Å². The number of rotatable bonds is 3. The SMILES string of the molecule is CC1(C)CC[C@]23CC[C@]4(C)C(CC[C@@H]5[C@@]6(C)C[C@@H](O)[C@H](OC(=O)C=Cc7ccc(O)cc7)C(C)(C)[C@@H]6CC[C@]54C)[C@@H]2[C@H]1OC3=O. The van der Waals surface area contributed by atoms with Crippen LogP contribution < -0.4 is 0 Å². The lowest BCUT2D eigenvalue weighted by Gasteiger charge is -2.73. The molecule has 0 spiro atoms. The maximum absolute atomic E-state index is 13.5.